The summed E-state index contributed by atoms with van der Waals surface area (Å²) in [4.78, 5) is 35.1. The molecule has 1 fully saturated rings. The van der Waals surface area contributed by atoms with Gasteiger partial charge in [-0.25, -0.2) is 0 Å². The van der Waals surface area contributed by atoms with E-state index in [1.165, 1.54) is 5.56 Å². The average Bonchev–Trinajstić information content (AvgIpc) is 2.94. The van der Waals surface area contributed by atoms with Crippen LogP contribution in [0.2, 0.25) is 5.02 Å². The molecule has 1 aliphatic heterocycles. The van der Waals surface area contributed by atoms with Crippen LogP contribution in [-0.4, -0.2) is 61.6 Å². The summed E-state index contributed by atoms with van der Waals surface area (Å²) in [6.45, 7) is 9.69. The van der Waals surface area contributed by atoms with Crippen molar-refractivity contribution in [1.82, 2.24) is 10.2 Å². The molecule has 1 aliphatic carbocycles. The molecule has 1 heterocycles. The van der Waals surface area contributed by atoms with Crippen LogP contribution >= 0.6 is 11.6 Å². The number of nitrogens with zero attached hydrogens (tertiary/aromatic N) is 3. The van der Waals surface area contributed by atoms with Crippen LogP contribution in [0.15, 0.2) is 52.7 Å². The summed E-state index contributed by atoms with van der Waals surface area (Å²) in [7, 11) is 3.91. The van der Waals surface area contributed by atoms with Gasteiger partial charge in [0.2, 0.25) is 0 Å². The summed E-state index contributed by atoms with van der Waals surface area (Å²) in [6, 6.07) is 12.9. The fraction of sp³-hybridized carbons (Fsp3) is 0.485. The Morgan fingerprint density at radius 1 is 1.10 bits per heavy atom. The maximum Gasteiger partial charge on any atom is 0.251 e. The Bertz CT molecular complexity index is 1340. The number of amides is 1. The second-order valence-electron chi connectivity index (χ2n) is 11.3. The lowest BCUT2D eigenvalue weighted by Crippen LogP contribution is -2.43. The van der Waals surface area contributed by atoms with E-state index in [4.69, 9.17) is 16.3 Å². The van der Waals surface area contributed by atoms with E-state index >= 15 is 0 Å². The highest BCUT2D eigenvalue weighted by molar-refractivity contribution is 6.31. The SMILES string of the molecule is CCN(c1cc(Cl)cc(C(=O)NCC2=C(C)N=C(C)CC2=O)c1C)[C@H]1CC[C@H](N(C)Cc2cccc(OC)c2)CC1. The Morgan fingerprint density at radius 3 is 2.46 bits per heavy atom. The largest absolute Gasteiger partial charge is 0.497 e. The van der Waals surface area contributed by atoms with Gasteiger partial charge in [0.05, 0.1) is 7.11 Å². The number of methoxy groups -OCH3 is 1. The Balaban J connectivity index is 1.43. The van der Waals surface area contributed by atoms with Crippen molar-refractivity contribution >= 4 is 34.7 Å². The minimum absolute atomic E-state index is 0.0145. The number of aliphatic imine (C=N–C) groups is 1. The van der Waals surface area contributed by atoms with Gasteiger partial charge in [-0.05, 0) is 95.8 Å². The van der Waals surface area contributed by atoms with Crippen molar-refractivity contribution in [3.63, 3.8) is 0 Å². The molecule has 0 bridgehead atoms. The summed E-state index contributed by atoms with van der Waals surface area (Å²) >= 11 is 6.58. The number of allylic oxidation sites excluding steroid dienone is 1. The molecule has 0 unspecified atom stereocenters. The van der Waals surface area contributed by atoms with Gasteiger partial charge in [0.1, 0.15) is 5.75 Å². The van der Waals surface area contributed by atoms with E-state index in [9.17, 15) is 9.59 Å². The standard InChI is InChI=1S/C33H43ClN4O3/c1-7-38(27-13-11-26(12-14-27)37(5)20-24-9-8-10-28(16-24)41-6)31-18-25(34)17-29(22(31)3)33(40)35-19-30-23(4)36-21(2)15-32(30)39/h8-10,16-18,26-27H,7,11-15,19-20H2,1-6H3,(H,35,40)/t26-,27-. The number of hydrogen-bond donors (Lipinski definition) is 1. The second kappa shape index (κ2) is 13.7. The Hall–Kier alpha value is -3.16. The number of halogens is 1. The molecule has 1 saturated carbocycles. The highest BCUT2D eigenvalue weighted by Gasteiger charge is 2.29. The molecule has 0 spiro atoms. The van der Waals surface area contributed by atoms with Crippen molar-refractivity contribution < 1.29 is 14.3 Å². The number of benzene rings is 2. The van der Waals surface area contributed by atoms with Crippen molar-refractivity contribution in [2.75, 3.05) is 32.1 Å². The van der Waals surface area contributed by atoms with Gasteiger partial charge in [0.15, 0.2) is 5.78 Å². The number of nitrogens with one attached hydrogen (secondary N) is 1. The maximum absolute atomic E-state index is 13.3. The molecule has 2 aliphatic rings. The lowest BCUT2D eigenvalue weighted by molar-refractivity contribution is -0.114. The summed E-state index contributed by atoms with van der Waals surface area (Å²) in [5, 5.41) is 3.48. The lowest BCUT2D eigenvalue weighted by atomic mass is 9.88. The van der Waals surface area contributed by atoms with Crippen molar-refractivity contribution in [1.29, 1.82) is 0 Å². The molecule has 1 N–H and O–H groups in total. The van der Waals surface area contributed by atoms with Crippen LogP contribution in [0.3, 0.4) is 0 Å². The van der Waals surface area contributed by atoms with Gasteiger partial charge in [-0.2, -0.15) is 0 Å². The maximum atomic E-state index is 13.3. The van der Waals surface area contributed by atoms with Crippen LogP contribution in [0.1, 0.15) is 74.4 Å². The summed E-state index contributed by atoms with van der Waals surface area (Å²) in [5.74, 6) is 0.673. The molecule has 0 atom stereocenters. The van der Waals surface area contributed by atoms with Gasteiger partial charge in [0.25, 0.3) is 5.91 Å². The van der Waals surface area contributed by atoms with E-state index in [0.29, 0.717) is 40.4 Å². The quantitative estimate of drug-likeness (QED) is 0.355. The third kappa shape index (κ3) is 7.38. The first-order chi connectivity index (χ1) is 19.6. The normalized spacial score (nSPS) is 19.3. The number of anilines is 1. The molecule has 4 rings (SSSR count). The van der Waals surface area contributed by atoms with Crippen LogP contribution < -0.4 is 15.0 Å². The Kier molecular flexibility index (Phi) is 10.3. The van der Waals surface area contributed by atoms with Crippen molar-refractivity contribution in [3.05, 3.63) is 69.4 Å². The molecule has 0 aromatic heterocycles. The minimum Gasteiger partial charge on any atom is -0.497 e. The van der Waals surface area contributed by atoms with Crippen molar-refractivity contribution in [3.8, 4) is 5.75 Å². The third-order valence-corrected chi connectivity index (χ3v) is 8.73. The number of Topliss-reactive ketones (excluding diaryl/α,β-unsaturated/α-hetero) is 1. The molecule has 0 radical (unpaired) electrons. The molecule has 220 valence electrons. The van der Waals surface area contributed by atoms with E-state index < -0.39 is 0 Å². The van der Waals surface area contributed by atoms with Gasteiger partial charge < -0.3 is 15.0 Å². The molecule has 1 amide bonds. The minimum atomic E-state index is -0.232. The van der Waals surface area contributed by atoms with E-state index in [2.05, 4.69) is 46.2 Å². The average molecular weight is 579 g/mol. The molecule has 0 saturated heterocycles. The van der Waals surface area contributed by atoms with Crippen molar-refractivity contribution in [2.24, 2.45) is 4.99 Å². The van der Waals surface area contributed by atoms with Gasteiger partial charge >= 0.3 is 0 Å². The monoisotopic (exact) mass is 578 g/mol. The number of hydrogen-bond acceptors (Lipinski definition) is 6. The van der Waals surface area contributed by atoms with E-state index in [1.54, 1.807) is 13.2 Å². The summed E-state index contributed by atoms with van der Waals surface area (Å²) in [6.07, 6.45) is 4.67. The Morgan fingerprint density at radius 2 is 1.80 bits per heavy atom. The van der Waals surface area contributed by atoms with E-state index in [-0.39, 0.29) is 18.2 Å². The number of rotatable bonds is 10. The topological polar surface area (TPSA) is 74.2 Å². The Labute approximate surface area is 249 Å². The first kappa shape index (κ1) is 30.8. The van der Waals surface area contributed by atoms with Gasteiger partial charge in [-0.1, -0.05) is 23.7 Å². The molecule has 8 heteroatoms. The highest BCUT2D eigenvalue weighted by Crippen LogP contribution is 2.34. The van der Waals surface area contributed by atoms with E-state index in [1.807, 2.05) is 39.0 Å². The molecule has 2 aromatic carbocycles. The molecular weight excluding hydrogens is 536 g/mol. The molecule has 2 aromatic rings. The van der Waals surface area contributed by atoms with Crippen LogP contribution in [-0.2, 0) is 11.3 Å². The third-order valence-electron chi connectivity index (χ3n) is 8.51. The van der Waals surface area contributed by atoms with Crippen LogP contribution in [0, 0.1) is 6.92 Å². The smallest absolute Gasteiger partial charge is 0.251 e. The fourth-order valence-electron chi connectivity index (χ4n) is 6.25. The summed E-state index contributed by atoms with van der Waals surface area (Å²) in [5.41, 5.74) is 5.74. The van der Waals surface area contributed by atoms with Gasteiger partial charge in [-0.15, -0.1) is 0 Å². The predicted octanol–water partition coefficient (Wildman–Crippen LogP) is 6.36. The van der Waals surface area contributed by atoms with E-state index in [0.717, 1.165) is 61.5 Å². The van der Waals surface area contributed by atoms with Crippen LogP contribution in [0.25, 0.3) is 0 Å². The molecule has 7 nitrogen and oxygen atoms in total. The first-order valence-corrected chi connectivity index (χ1v) is 14.9. The number of carbonyl (C=O) groups excluding carboxylic acids is 2. The zero-order valence-electron chi connectivity index (χ0n) is 25.2. The number of ether oxygens (including phenoxy) is 1. The summed E-state index contributed by atoms with van der Waals surface area (Å²) < 4.78 is 5.39. The highest BCUT2D eigenvalue weighted by atomic mass is 35.5. The second-order valence-corrected chi connectivity index (χ2v) is 11.7. The predicted molar refractivity (Wildman–Crippen MR) is 167 cm³/mol. The lowest BCUT2D eigenvalue weighted by Gasteiger charge is -2.41. The fourth-order valence-corrected chi connectivity index (χ4v) is 6.46. The van der Waals surface area contributed by atoms with Gasteiger partial charge in [0, 0.05) is 71.4 Å². The van der Waals surface area contributed by atoms with Crippen LogP contribution in [0.5, 0.6) is 5.75 Å². The molecular formula is C33H43ClN4O3. The van der Waals surface area contributed by atoms with Crippen molar-refractivity contribution in [2.45, 2.75) is 78.4 Å². The zero-order valence-corrected chi connectivity index (χ0v) is 26.0. The van der Waals surface area contributed by atoms with Crippen LogP contribution in [0.4, 0.5) is 5.69 Å². The molecule has 41 heavy (non-hydrogen) atoms. The number of carbonyl (C=O) groups is 2. The zero-order chi connectivity index (χ0) is 29.7. The first-order valence-electron chi connectivity index (χ1n) is 14.6. The number of ketones is 1. The van der Waals surface area contributed by atoms with Gasteiger partial charge in [-0.3, -0.25) is 19.5 Å².